The molecule has 9 atom stereocenters. The molecule has 5 aliphatic rings. The predicted octanol–water partition coefficient (Wildman–Crippen LogP) is 7.43. The highest BCUT2D eigenvalue weighted by Crippen LogP contribution is 2.66. The largest absolute Gasteiger partial charge is 0.393 e. The molecule has 4 fully saturated rings. The first kappa shape index (κ1) is 34.0. The van der Waals surface area contributed by atoms with E-state index >= 15 is 4.79 Å². The molecular formula is C38H61NO5. The number of unbranched alkanes of at least 4 members (excludes halogenated alkanes) is 1. The minimum absolute atomic E-state index is 0.0641. The van der Waals surface area contributed by atoms with Gasteiger partial charge < -0.3 is 14.6 Å². The number of ether oxygens (including phenoxy) is 2. The van der Waals surface area contributed by atoms with Crippen LogP contribution in [0.2, 0.25) is 0 Å². The Kier molecular flexibility index (Phi) is 10.1. The van der Waals surface area contributed by atoms with Gasteiger partial charge in [-0.1, -0.05) is 78.9 Å². The van der Waals surface area contributed by atoms with E-state index in [1.165, 1.54) is 24.8 Å². The molecule has 1 aliphatic heterocycles. The van der Waals surface area contributed by atoms with Crippen molar-refractivity contribution in [3.8, 4) is 0 Å². The molecule has 3 saturated carbocycles. The van der Waals surface area contributed by atoms with Crippen molar-refractivity contribution in [1.82, 2.24) is 4.90 Å². The van der Waals surface area contributed by atoms with Gasteiger partial charge in [-0.3, -0.25) is 14.5 Å². The van der Waals surface area contributed by atoms with Gasteiger partial charge in [0.1, 0.15) is 0 Å². The Labute approximate surface area is 267 Å². The number of aliphatic hydroxyl groups is 1. The molecule has 4 unspecified atom stereocenters. The summed E-state index contributed by atoms with van der Waals surface area (Å²) in [4.78, 5) is 29.8. The second-order valence-electron chi connectivity index (χ2n) is 16.0. The minimum Gasteiger partial charge on any atom is -0.393 e. The Hall–Kier alpha value is -1.34. The molecule has 6 heteroatoms. The van der Waals surface area contributed by atoms with E-state index in [0.29, 0.717) is 18.9 Å². The molecule has 1 N–H and O–H groups in total. The second kappa shape index (κ2) is 13.0. The van der Waals surface area contributed by atoms with E-state index in [1.54, 1.807) is 6.08 Å². The summed E-state index contributed by atoms with van der Waals surface area (Å²) in [6.45, 7) is 17.7. The minimum atomic E-state index is -1.13. The van der Waals surface area contributed by atoms with Crippen LogP contribution in [0.15, 0.2) is 23.8 Å². The van der Waals surface area contributed by atoms with E-state index < -0.39 is 23.2 Å². The van der Waals surface area contributed by atoms with Gasteiger partial charge in [0.05, 0.1) is 18.8 Å². The van der Waals surface area contributed by atoms with Crippen LogP contribution in [-0.2, 0) is 19.1 Å². The van der Waals surface area contributed by atoms with Crippen molar-refractivity contribution in [2.45, 2.75) is 150 Å². The molecule has 0 aromatic carbocycles. The zero-order chi connectivity index (χ0) is 31.9. The topological polar surface area (TPSA) is 76.1 Å². The lowest BCUT2D eigenvalue weighted by Crippen LogP contribution is -2.68. The maximum absolute atomic E-state index is 15.0. The third-order valence-corrected chi connectivity index (χ3v) is 13.2. The monoisotopic (exact) mass is 611 g/mol. The Balaban J connectivity index is 1.54. The molecule has 5 rings (SSSR count). The summed E-state index contributed by atoms with van der Waals surface area (Å²) in [5.41, 5.74) is -1.15. The van der Waals surface area contributed by atoms with Gasteiger partial charge in [-0.05, 0) is 101 Å². The van der Waals surface area contributed by atoms with Crippen LogP contribution in [0.3, 0.4) is 0 Å². The van der Waals surface area contributed by atoms with E-state index in [-0.39, 0.29) is 40.5 Å². The third kappa shape index (κ3) is 5.73. The molecule has 0 amide bonds. The maximum Gasteiger partial charge on any atom is 0.181 e. The van der Waals surface area contributed by atoms with E-state index in [2.05, 4.69) is 59.4 Å². The molecule has 6 nitrogen and oxygen atoms in total. The van der Waals surface area contributed by atoms with E-state index in [9.17, 15) is 9.90 Å². The molecule has 1 heterocycles. The summed E-state index contributed by atoms with van der Waals surface area (Å²) < 4.78 is 14.0. The molecular weight excluding hydrogens is 550 g/mol. The predicted molar refractivity (Wildman–Crippen MR) is 175 cm³/mol. The number of hydrogen-bond donors (Lipinski definition) is 1. The van der Waals surface area contributed by atoms with Crippen molar-refractivity contribution in [2.24, 2.45) is 34.0 Å². The van der Waals surface area contributed by atoms with Crippen LogP contribution >= 0.6 is 0 Å². The summed E-state index contributed by atoms with van der Waals surface area (Å²) in [7, 11) is 0. The van der Waals surface area contributed by atoms with Crippen molar-refractivity contribution >= 4 is 11.6 Å². The van der Waals surface area contributed by atoms with Crippen LogP contribution in [0.4, 0.5) is 0 Å². The van der Waals surface area contributed by atoms with E-state index in [0.717, 1.165) is 64.5 Å². The summed E-state index contributed by atoms with van der Waals surface area (Å²) >= 11 is 0. The van der Waals surface area contributed by atoms with E-state index in [4.69, 9.17) is 9.47 Å². The molecule has 0 bridgehead atoms. The van der Waals surface area contributed by atoms with Gasteiger partial charge in [0, 0.05) is 16.7 Å². The van der Waals surface area contributed by atoms with Crippen molar-refractivity contribution in [3.63, 3.8) is 0 Å². The number of Topliss-reactive ketones (excluding diaryl/α,β-unsaturated/α-hetero) is 1. The van der Waals surface area contributed by atoms with Crippen molar-refractivity contribution < 1.29 is 24.2 Å². The van der Waals surface area contributed by atoms with Gasteiger partial charge in [0.25, 0.3) is 0 Å². The summed E-state index contributed by atoms with van der Waals surface area (Å²) in [6, 6.07) is 0. The van der Waals surface area contributed by atoms with Gasteiger partial charge >= 0.3 is 0 Å². The van der Waals surface area contributed by atoms with Crippen LogP contribution in [0, 0.1) is 34.0 Å². The quantitative estimate of drug-likeness (QED) is 0.277. The van der Waals surface area contributed by atoms with Gasteiger partial charge in [-0.25, -0.2) is 0 Å². The van der Waals surface area contributed by atoms with E-state index in [1.807, 2.05) is 6.08 Å². The standard InChI is InChI=1S/C38H61NO5/c1-8-10-21-39(20-9-2)24-33(42)38(27(4)43-34(44-38)28-14-12-11-13-15-28)37(7)23-32(41)36(6)25-35(5)19-18-30(40)22-29(35)16-17-31(36)26(37)3/h18-19,22,26-28,31-32,34,41H,8-17,20-21,23-25H2,1-7H3/t26-,27+,31?,32?,34+,35?,36+,37?,38-/m0/s1. The van der Waals surface area contributed by atoms with Gasteiger partial charge in [0.2, 0.25) is 0 Å². The van der Waals surface area contributed by atoms with Crippen molar-refractivity contribution in [3.05, 3.63) is 23.8 Å². The van der Waals surface area contributed by atoms with Crippen molar-refractivity contribution in [1.29, 1.82) is 0 Å². The number of nitrogens with zero attached hydrogens (tertiary/aromatic N) is 1. The Morgan fingerprint density at radius 3 is 2.45 bits per heavy atom. The highest BCUT2D eigenvalue weighted by Gasteiger charge is 2.70. The first-order chi connectivity index (χ1) is 20.8. The molecule has 44 heavy (non-hydrogen) atoms. The summed E-state index contributed by atoms with van der Waals surface area (Å²) in [5, 5.41) is 12.3. The first-order valence-corrected chi connectivity index (χ1v) is 18.1. The number of carbonyl (C=O) groups excluding carboxylic acids is 2. The Bertz CT molecular complexity index is 1130. The Morgan fingerprint density at radius 2 is 1.77 bits per heavy atom. The number of ketones is 2. The van der Waals surface area contributed by atoms with Crippen LogP contribution in [0.1, 0.15) is 126 Å². The second-order valence-corrected chi connectivity index (χ2v) is 16.0. The Morgan fingerprint density at radius 1 is 1.05 bits per heavy atom. The zero-order valence-corrected chi connectivity index (χ0v) is 28.8. The SMILES string of the molecule is CCCCN(CCC)CC(=O)[C@@]1(C2(C)CC(O)[C@]3(C)CC4(C)C=CC(=O)C=C4CCC3[C@@H]2C)O[C@H](C2CCCCC2)O[C@@H]1C. The lowest BCUT2D eigenvalue weighted by molar-refractivity contribution is -0.223. The highest BCUT2D eigenvalue weighted by molar-refractivity contribution is 6.01. The highest BCUT2D eigenvalue weighted by atomic mass is 16.7. The summed E-state index contributed by atoms with van der Waals surface area (Å²) in [6.07, 6.45) is 16.2. The fraction of sp³-hybridized carbons (Fsp3) is 0.842. The van der Waals surface area contributed by atoms with Crippen LogP contribution in [0.25, 0.3) is 0 Å². The third-order valence-electron chi connectivity index (χ3n) is 13.2. The first-order valence-electron chi connectivity index (χ1n) is 18.1. The molecule has 0 aromatic heterocycles. The van der Waals surface area contributed by atoms with Crippen LogP contribution in [-0.4, -0.2) is 65.3 Å². The molecule has 0 aromatic rings. The zero-order valence-electron chi connectivity index (χ0n) is 28.8. The fourth-order valence-corrected chi connectivity index (χ4v) is 10.5. The van der Waals surface area contributed by atoms with Crippen molar-refractivity contribution in [2.75, 3.05) is 19.6 Å². The molecule has 0 radical (unpaired) electrons. The number of allylic oxidation sites excluding steroid dienone is 4. The number of rotatable bonds is 10. The lowest BCUT2D eigenvalue weighted by Gasteiger charge is -2.61. The van der Waals surface area contributed by atoms with Crippen LogP contribution in [0.5, 0.6) is 0 Å². The number of carbonyl (C=O) groups is 2. The fourth-order valence-electron chi connectivity index (χ4n) is 10.5. The summed E-state index contributed by atoms with van der Waals surface area (Å²) in [5.74, 6) is 0.778. The molecule has 4 aliphatic carbocycles. The number of fused-ring (bicyclic) bond motifs is 2. The van der Waals surface area contributed by atoms with Gasteiger partial charge in [-0.2, -0.15) is 0 Å². The normalized spacial score (nSPS) is 43.0. The van der Waals surface area contributed by atoms with Crippen LogP contribution < -0.4 is 0 Å². The van der Waals surface area contributed by atoms with Gasteiger partial charge in [-0.15, -0.1) is 0 Å². The maximum atomic E-state index is 15.0. The van der Waals surface area contributed by atoms with Gasteiger partial charge in [0.15, 0.2) is 23.5 Å². The number of aliphatic hydroxyl groups excluding tert-OH is 1. The molecule has 1 saturated heterocycles. The lowest BCUT2D eigenvalue weighted by atomic mass is 9.45. The average Bonchev–Trinajstić information content (AvgIpc) is 3.30. The molecule has 248 valence electrons. The number of hydrogen-bond acceptors (Lipinski definition) is 6. The average molecular weight is 612 g/mol. The molecule has 0 spiro atoms. The smallest absolute Gasteiger partial charge is 0.181 e.